The molecule has 3 rings (SSSR count). The van der Waals surface area contributed by atoms with Gasteiger partial charge in [-0.25, -0.2) is 0 Å². The maximum absolute atomic E-state index is 12.6. The maximum Gasteiger partial charge on any atom is 0.255 e. The van der Waals surface area contributed by atoms with Crippen molar-refractivity contribution in [2.24, 2.45) is 5.92 Å². The Morgan fingerprint density at radius 3 is 2.83 bits per heavy atom. The normalized spacial score (nSPS) is 25.0. The van der Waals surface area contributed by atoms with Crippen molar-refractivity contribution in [3.05, 3.63) is 22.7 Å². The Labute approximate surface area is 153 Å². The number of nitrogens with zero attached hydrogens (tertiary/aromatic N) is 1. The molecule has 0 aromatic heterocycles. The summed E-state index contributed by atoms with van der Waals surface area (Å²) in [5.74, 6) is 0.866. The second kappa shape index (κ2) is 8.76. The lowest BCUT2D eigenvalue weighted by molar-refractivity contribution is 0.0737. The highest BCUT2D eigenvalue weighted by Gasteiger charge is 2.33. The zero-order valence-electron chi connectivity index (χ0n) is 13.7. The molecule has 0 unspecified atom stereocenters. The Morgan fingerprint density at radius 1 is 1.38 bits per heavy atom. The summed E-state index contributed by atoms with van der Waals surface area (Å²) in [5, 5.41) is 3.54. The minimum Gasteiger partial charge on any atom is -0.496 e. The highest BCUT2D eigenvalue weighted by Crippen LogP contribution is 2.30. The third-order valence-corrected chi connectivity index (χ3v) is 5.07. The fourth-order valence-corrected chi connectivity index (χ4v) is 3.70. The van der Waals surface area contributed by atoms with E-state index in [9.17, 15) is 4.79 Å². The number of fused-ring (bicyclic) bond motifs is 2. The average Bonchev–Trinajstić information content (AvgIpc) is 2.52. The van der Waals surface area contributed by atoms with Crippen molar-refractivity contribution in [1.82, 2.24) is 10.2 Å². The van der Waals surface area contributed by atoms with E-state index in [1.165, 1.54) is 26.5 Å². The number of nitrogen functional groups attached to an aromatic ring is 1. The second-order valence-electron chi connectivity index (χ2n) is 6.15. The summed E-state index contributed by atoms with van der Waals surface area (Å²) in [5.41, 5.74) is 6.62. The number of carbonyl (C=O) groups is 1. The number of methoxy groups -OCH3 is 1. The van der Waals surface area contributed by atoms with Crippen molar-refractivity contribution in [1.29, 1.82) is 0 Å². The van der Waals surface area contributed by atoms with E-state index in [4.69, 9.17) is 22.1 Å². The van der Waals surface area contributed by atoms with Gasteiger partial charge in [0.1, 0.15) is 5.75 Å². The number of piperidine rings is 2. The fourth-order valence-electron chi connectivity index (χ4n) is 3.53. The predicted molar refractivity (Wildman–Crippen MR) is 98.3 cm³/mol. The Morgan fingerprint density at radius 2 is 2.12 bits per heavy atom. The number of benzene rings is 1. The van der Waals surface area contributed by atoms with Crippen LogP contribution in [0, 0.1) is 5.92 Å². The Bertz CT molecular complexity index is 586. The van der Waals surface area contributed by atoms with Gasteiger partial charge in [0, 0.05) is 25.2 Å². The molecule has 0 aliphatic carbocycles. The van der Waals surface area contributed by atoms with Crippen LogP contribution in [0.25, 0.3) is 0 Å². The number of nitrogens with two attached hydrogens (primary N) is 1. The molecule has 5 N–H and O–H groups in total. The van der Waals surface area contributed by atoms with Gasteiger partial charge in [-0.2, -0.15) is 0 Å². The van der Waals surface area contributed by atoms with Gasteiger partial charge < -0.3 is 26.2 Å². The lowest BCUT2D eigenvalue weighted by Crippen LogP contribution is -2.53. The maximum atomic E-state index is 12.6. The number of amides is 1. The molecule has 8 heteroatoms. The van der Waals surface area contributed by atoms with Gasteiger partial charge >= 0.3 is 0 Å². The molecule has 2 saturated heterocycles. The van der Waals surface area contributed by atoms with Crippen LogP contribution >= 0.6 is 24.0 Å². The second-order valence-corrected chi connectivity index (χ2v) is 6.55. The van der Waals surface area contributed by atoms with Crippen molar-refractivity contribution in [3.63, 3.8) is 0 Å². The van der Waals surface area contributed by atoms with E-state index < -0.39 is 0 Å². The summed E-state index contributed by atoms with van der Waals surface area (Å²) in [6.07, 6.45) is 3.40. The SMILES string of the molecule is COc1cc(N)c(Cl)cc1C(=O)N[C@@H]1CC[N@]2CCC[C@H]1C2.Cl.O. The number of carbonyl (C=O) groups excluding carboxylic acids is 1. The third kappa shape index (κ3) is 4.25. The predicted octanol–water partition coefficient (Wildman–Crippen LogP) is 1.74. The first-order chi connectivity index (χ1) is 10.6. The average molecular weight is 378 g/mol. The summed E-state index contributed by atoms with van der Waals surface area (Å²) >= 11 is 6.05. The molecule has 2 heterocycles. The lowest BCUT2D eigenvalue weighted by atomic mass is 9.85. The van der Waals surface area contributed by atoms with Crippen LogP contribution < -0.4 is 15.8 Å². The summed E-state index contributed by atoms with van der Waals surface area (Å²) in [6.45, 7) is 3.34. The largest absolute Gasteiger partial charge is 0.496 e. The number of hydrogen-bond acceptors (Lipinski definition) is 4. The Hall–Kier alpha value is -1.21. The smallest absolute Gasteiger partial charge is 0.255 e. The van der Waals surface area contributed by atoms with Gasteiger partial charge in [0.15, 0.2) is 0 Å². The van der Waals surface area contributed by atoms with E-state index >= 15 is 0 Å². The van der Waals surface area contributed by atoms with Crippen molar-refractivity contribution in [3.8, 4) is 5.75 Å². The molecule has 2 aliphatic rings. The number of anilines is 1. The number of nitrogens with one attached hydrogen (secondary N) is 1. The third-order valence-electron chi connectivity index (χ3n) is 4.75. The van der Waals surface area contributed by atoms with E-state index in [1.807, 2.05) is 0 Å². The standard InChI is InChI=1S/C16H22ClN3O2.ClH.H2O/c1-22-15-8-13(18)12(17)7-11(15)16(21)19-14-4-6-20-5-2-3-10(14)9-20;;/h7-8,10,14H,2-6,9,18H2,1H3,(H,19,21);1H;1H2/t10-,14+;;/m0../s1. The number of hydrogen-bond donors (Lipinski definition) is 2. The van der Waals surface area contributed by atoms with E-state index in [2.05, 4.69) is 10.2 Å². The number of rotatable bonds is 3. The van der Waals surface area contributed by atoms with Crippen LogP contribution in [-0.2, 0) is 0 Å². The first-order valence-electron chi connectivity index (χ1n) is 7.74. The fraction of sp³-hybridized carbons (Fsp3) is 0.562. The van der Waals surface area contributed by atoms with Crippen LogP contribution in [0.15, 0.2) is 12.1 Å². The van der Waals surface area contributed by atoms with Gasteiger partial charge in [-0.15, -0.1) is 12.4 Å². The molecular formula is C16H25Cl2N3O3. The summed E-state index contributed by atoms with van der Waals surface area (Å²) in [6, 6.07) is 3.41. The molecule has 1 aromatic carbocycles. The van der Waals surface area contributed by atoms with Gasteiger partial charge in [0.05, 0.1) is 23.4 Å². The van der Waals surface area contributed by atoms with Crippen molar-refractivity contribution in [2.45, 2.75) is 25.3 Å². The molecule has 1 aromatic rings. The molecule has 1 amide bonds. The van der Waals surface area contributed by atoms with Crippen molar-refractivity contribution in [2.75, 3.05) is 32.5 Å². The van der Waals surface area contributed by atoms with E-state index in [1.54, 1.807) is 12.1 Å². The summed E-state index contributed by atoms with van der Waals surface area (Å²) < 4.78 is 5.27. The molecule has 3 atom stereocenters. The minimum absolute atomic E-state index is 0. The quantitative estimate of drug-likeness (QED) is 0.783. The highest BCUT2D eigenvalue weighted by atomic mass is 35.5. The molecule has 0 radical (unpaired) electrons. The van der Waals surface area contributed by atoms with Crippen LogP contribution in [0.1, 0.15) is 29.6 Å². The van der Waals surface area contributed by atoms with E-state index in [0.29, 0.717) is 27.9 Å². The number of halogens is 2. The topological polar surface area (TPSA) is 99.1 Å². The van der Waals surface area contributed by atoms with Crippen LogP contribution in [0.2, 0.25) is 5.02 Å². The monoisotopic (exact) mass is 377 g/mol. The van der Waals surface area contributed by atoms with E-state index in [0.717, 1.165) is 19.5 Å². The van der Waals surface area contributed by atoms with Gasteiger partial charge in [-0.05, 0) is 37.8 Å². The molecule has 6 nitrogen and oxygen atoms in total. The highest BCUT2D eigenvalue weighted by molar-refractivity contribution is 6.33. The molecule has 2 bridgehead atoms. The molecular weight excluding hydrogens is 353 g/mol. The molecule has 0 spiro atoms. The van der Waals surface area contributed by atoms with Crippen molar-refractivity contribution >= 4 is 35.6 Å². The van der Waals surface area contributed by atoms with Crippen LogP contribution in [0.5, 0.6) is 5.75 Å². The molecule has 24 heavy (non-hydrogen) atoms. The molecule has 0 saturated carbocycles. The Kier molecular flexibility index (Phi) is 7.60. The van der Waals surface area contributed by atoms with Crippen molar-refractivity contribution < 1.29 is 15.0 Å². The summed E-state index contributed by atoms with van der Waals surface area (Å²) in [4.78, 5) is 15.1. The van der Waals surface area contributed by atoms with Gasteiger partial charge in [0.2, 0.25) is 0 Å². The molecule has 2 aliphatic heterocycles. The van der Waals surface area contributed by atoms with Gasteiger partial charge in [-0.1, -0.05) is 11.6 Å². The lowest BCUT2D eigenvalue weighted by Gasteiger charge is -2.42. The zero-order chi connectivity index (χ0) is 15.7. The first-order valence-corrected chi connectivity index (χ1v) is 8.12. The van der Waals surface area contributed by atoms with E-state index in [-0.39, 0.29) is 29.8 Å². The zero-order valence-corrected chi connectivity index (χ0v) is 15.3. The van der Waals surface area contributed by atoms with Gasteiger partial charge in [-0.3, -0.25) is 4.79 Å². The van der Waals surface area contributed by atoms with Gasteiger partial charge in [0.25, 0.3) is 5.91 Å². The van der Waals surface area contributed by atoms with Crippen LogP contribution in [-0.4, -0.2) is 49.1 Å². The first kappa shape index (κ1) is 20.8. The molecule has 2 fully saturated rings. The molecule has 136 valence electrons. The number of ether oxygens (including phenoxy) is 1. The summed E-state index contributed by atoms with van der Waals surface area (Å²) in [7, 11) is 1.53. The van der Waals surface area contributed by atoms with Crippen LogP contribution in [0.4, 0.5) is 5.69 Å². The Balaban J connectivity index is 0.00000144. The minimum atomic E-state index is -0.136. The van der Waals surface area contributed by atoms with Crippen LogP contribution in [0.3, 0.4) is 0 Å².